The standard InChI is InChI=1S/C17H16N2O6S2/c1-26(22,23)16-14(11-5-3-2-4-6-11)19(17(21)15(16)20)12-7-9-13(10-8-12)27(18,24)25/h2-10,14,16H,1H3,(H2,18,24,25)/t14-,16-/m0/s1. The van der Waals surface area contributed by atoms with Gasteiger partial charge in [-0.05, 0) is 29.8 Å². The second-order valence-electron chi connectivity index (χ2n) is 6.18. The average Bonchev–Trinajstić information content (AvgIpc) is 2.86. The SMILES string of the molecule is CS(=O)(=O)[C@@H]1C(=O)C(=O)N(c2ccc(S(N)(=O)=O)cc2)[C@H]1c1ccccc1. The Balaban J connectivity index is 2.17. The number of carbonyl (C=O) groups excluding carboxylic acids is 2. The fourth-order valence-electron chi connectivity index (χ4n) is 3.12. The van der Waals surface area contributed by atoms with Crippen molar-refractivity contribution in [1.82, 2.24) is 0 Å². The van der Waals surface area contributed by atoms with Crippen LogP contribution in [0.2, 0.25) is 0 Å². The molecule has 1 saturated heterocycles. The molecule has 2 N–H and O–H groups in total. The highest BCUT2D eigenvalue weighted by atomic mass is 32.2. The van der Waals surface area contributed by atoms with E-state index in [4.69, 9.17) is 5.14 Å². The lowest BCUT2D eigenvalue weighted by atomic mass is 10.0. The molecule has 0 aromatic heterocycles. The molecule has 8 nitrogen and oxygen atoms in total. The molecule has 10 heteroatoms. The van der Waals surface area contributed by atoms with Crippen LogP contribution in [0.15, 0.2) is 59.5 Å². The van der Waals surface area contributed by atoms with Crippen molar-refractivity contribution in [3.8, 4) is 0 Å². The third-order valence-electron chi connectivity index (χ3n) is 4.30. The number of ketones is 1. The molecule has 1 heterocycles. The lowest BCUT2D eigenvalue weighted by molar-refractivity contribution is -0.133. The summed E-state index contributed by atoms with van der Waals surface area (Å²) < 4.78 is 47.3. The minimum Gasteiger partial charge on any atom is -0.296 e. The number of sulfonamides is 1. The maximum absolute atomic E-state index is 12.6. The summed E-state index contributed by atoms with van der Waals surface area (Å²) in [6, 6.07) is 12.3. The van der Waals surface area contributed by atoms with Gasteiger partial charge in [-0.1, -0.05) is 30.3 Å². The fraction of sp³-hybridized carbons (Fsp3) is 0.176. The van der Waals surface area contributed by atoms with Crippen molar-refractivity contribution in [3.05, 3.63) is 60.2 Å². The Hall–Kier alpha value is -2.56. The maximum Gasteiger partial charge on any atom is 0.296 e. The number of hydrogen-bond acceptors (Lipinski definition) is 6. The molecule has 0 saturated carbocycles. The quantitative estimate of drug-likeness (QED) is 0.729. The first kappa shape index (κ1) is 19.2. The van der Waals surface area contributed by atoms with Gasteiger partial charge in [0.1, 0.15) is 0 Å². The molecule has 0 aliphatic carbocycles. The third-order valence-corrected chi connectivity index (χ3v) is 6.62. The lowest BCUT2D eigenvalue weighted by Gasteiger charge is -2.27. The van der Waals surface area contributed by atoms with E-state index in [1.807, 2.05) is 0 Å². The van der Waals surface area contributed by atoms with Crippen molar-refractivity contribution in [1.29, 1.82) is 0 Å². The molecule has 1 fully saturated rings. The van der Waals surface area contributed by atoms with Crippen molar-refractivity contribution >= 4 is 37.2 Å². The summed E-state index contributed by atoms with van der Waals surface area (Å²) in [6.07, 6.45) is 0.909. The highest BCUT2D eigenvalue weighted by Crippen LogP contribution is 2.39. The van der Waals surface area contributed by atoms with Crippen LogP contribution in [-0.4, -0.2) is 40.0 Å². The van der Waals surface area contributed by atoms with Crippen molar-refractivity contribution in [2.75, 3.05) is 11.2 Å². The van der Waals surface area contributed by atoms with Crippen LogP contribution in [0.5, 0.6) is 0 Å². The summed E-state index contributed by atoms with van der Waals surface area (Å²) in [5, 5.41) is 3.51. The second-order valence-corrected chi connectivity index (χ2v) is 9.91. The molecule has 27 heavy (non-hydrogen) atoms. The zero-order valence-corrected chi connectivity index (χ0v) is 15.8. The van der Waals surface area contributed by atoms with Gasteiger partial charge in [0, 0.05) is 11.9 Å². The summed E-state index contributed by atoms with van der Waals surface area (Å²) in [4.78, 5) is 26.0. The molecule has 2 aromatic carbocycles. The summed E-state index contributed by atoms with van der Waals surface area (Å²) in [5.41, 5.74) is 0.670. The number of sulfone groups is 1. The van der Waals surface area contributed by atoms with Crippen LogP contribution in [0, 0.1) is 0 Å². The number of nitrogens with two attached hydrogens (primary N) is 1. The molecule has 0 bridgehead atoms. The van der Waals surface area contributed by atoms with E-state index < -0.39 is 42.8 Å². The Morgan fingerprint density at radius 1 is 0.889 bits per heavy atom. The van der Waals surface area contributed by atoms with Crippen LogP contribution in [0.25, 0.3) is 0 Å². The van der Waals surface area contributed by atoms with E-state index in [1.54, 1.807) is 30.3 Å². The van der Waals surface area contributed by atoms with Crippen LogP contribution in [0.3, 0.4) is 0 Å². The van der Waals surface area contributed by atoms with Gasteiger partial charge in [0.05, 0.1) is 10.9 Å². The number of Topliss-reactive ketones (excluding diaryl/α,β-unsaturated/α-hetero) is 1. The normalized spacial score (nSPS) is 20.9. The van der Waals surface area contributed by atoms with Gasteiger partial charge in [0.15, 0.2) is 15.1 Å². The van der Waals surface area contributed by atoms with Crippen LogP contribution >= 0.6 is 0 Å². The number of hydrogen-bond donors (Lipinski definition) is 1. The zero-order valence-electron chi connectivity index (χ0n) is 14.1. The predicted octanol–water partition coefficient (Wildman–Crippen LogP) is 0.404. The Bertz CT molecular complexity index is 1110. The summed E-state index contributed by atoms with van der Waals surface area (Å²) in [6.45, 7) is 0. The maximum atomic E-state index is 12.6. The van der Waals surface area contributed by atoms with Crippen molar-refractivity contribution in [3.63, 3.8) is 0 Å². The topological polar surface area (TPSA) is 132 Å². The van der Waals surface area contributed by atoms with Crippen LogP contribution < -0.4 is 10.0 Å². The number of rotatable bonds is 4. The average molecular weight is 408 g/mol. The highest BCUT2D eigenvalue weighted by molar-refractivity contribution is 7.92. The van der Waals surface area contributed by atoms with Gasteiger partial charge in [-0.15, -0.1) is 0 Å². The van der Waals surface area contributed by atoms with E-state index in [1.165, 1.54) is 24.3 Å². The molecule has 0 radical (unpaired) electrons. The van der Waals surface area contributed by atoms with Gasteiger partial charge in [0.25, 0.3) is 5.91 Å². The van der Waals surface area contributed by atoms with Crippen LogP contribution in [0.4, 0.5) is 5.69 Å². The van der Waals surface area contributed by atoms with Gasteiger partial charge in [-0.2, -0.15) is 0 Å². The molecule has 1 amide bonds. The zero-order chi connectivity index (χ0) is 20.0. The Morgan fingerprint density at radius 3 is 1.93 bits per heavy atom. The number of amides is 1. The van der Waals surface area contributed by atoms with Crippen LogP contribution in [0.1, 0.15) is 11.6 Å². The molecule has 0 unspecified atom stereocenters. The third kappa shape index (κ3) is 3.51. The number of anilines is 1. The molecule has 142 valence electrons. The molecule has 2 aromatic rings. The molecule has 3 rings (SSSR count). The van der Waals surface area contributed by atoms with Crippen LogP contribution in [-0.2, 0) is 29.4 Å². The molecule has 1 aliphatic heterocycles. The predicted molar refractivity (Wildman–Crippen MR) is 98.1 cm³/mol. The minimum atomic E-state index is -3.93. The largest absolute Gasteiger partial charge is 0.296 e. The monoisotopic (exact) mass is 408 g/mol. The number of carbonyl (C=O) groups is 2. The Kier molecular flexibility index (Phi) is 4.66. The molecule has 1 aliphatic rings. The van der Waals surface area contributed by atoms with E-state index in [9.17, 15) is 26.4 Å². The second kappa shape index (κ2) is 6.55. The molecular weight excluding hydrogens is 392 g/mol. The molecule has 0 spiro atoms. The minimum absolute atomic E-state index is 0.167. The van der Waals surface area contributed by atoms with Gasteiger partial charge in [0.2, 0.25) is 15.8 Å². The van der Waals surface area contributed by atoms with E-state index in [2.05, 4.69) is 0 Å². The van der Waals surface area contributed by atoms with Gasteiger partial charge in [-0.3, -0.25) is 14.5 Å². The van der Waals surface area contributed by atoms with E-state index in [0.29, 0.717) is 5.56 Å². The van der Waals surface area contributed by atoms with Gasteiger partial charge in [-0.25, -0.2) is 22.0 Å². The fourth-order valence-corrected chi connectivity index (χ4v) is 4.87. The first-order chi connectivity index (χ1) is 12.5. The number of primary sulfonamides is 1. The number of nitrogens with zero attached hydrogens (tertiary/aromatic N) is 1. The van der Waals surface area contributed by atoms with Gasteiger partial charge < -0.3 is 0 Å². The lowest BCUT2D eigenvalue weighted by Crippen LogP contribution is -2.33. The van der Waals surface area contributed by atoms with Gasteiger partial charge >= 0.3 is 0 Å². The molecule has 2 atom stereocenters. The highest BCUT2D eigenvalue weighted by Gasteiger charge is 2.53. The molecular formula is C17H16N2O6S2. The Labute approximate surface area is 156 Å². The number of benzene rings is 2. The van der Waals surface area contributed by atoms with Crippen molar-refractivity contribution < 1.29 is 26.4 Å². The van der Waals surface area contributed by atoms with Crippen molar-refractivity contribution in [2.45, 2.75) is 16.2 Å². The summed E-state index contributed by atoms with van der Waals surface area (Å²) in [5.74, 6) is -2.00. The van der Waals surface area contributed by atoms with E-state index >= 15 is 0 Å². The summed E-state index contributed by atoms with van der Waals surface area (Å²) >= 11 is 0. The van der Waals surface area contributed by atoms with Crippen molar-refractivity contribution in [2.24, 2.45) is 5.14 Å². The summed E-state index contributed by atoms with van der Waals surface area (Å²) in [7, 11) is -7.82. The van der Waals surface area contributed by atoms with E-state index in [-0.39, 0.29) is 10.6 Å². The smallest absolute Gasteiger partial charge is 0.296 e. The Morgan fingerprint density at radius 2 is 1.44 bits per heavy atom. The first-order valence-electron chi connectivity index (χ1n) is 7.76. The first-order valence-corrected chi connectivity index (χ1v) is 11.3. The van der Waals surface area contributed by atoms with E-state index in [0.717, 1.165) is 11.2 Å².